The second-order valence-electron chi connectivity index (χ2n) is 3.09. The Morgan fingerprint density at radius 3 is 3.00 bits per heavy atom. The Morgan fingerprint density at radius 1 is 1.86 bits per heavy atom. The molecule has 0 aromatic heterocycles. The van der Waals surface area contributed by atoms with Gasteiger partial charge in [-0.2, -0.15) is 0 Å². The van der Waals surface area contributed by atoms with Crippen LogP contribution in [0.25, 0.3) is 0 Å². The fourth-order valence-corrected chi connectivity index (χ4v) is 1.88. The van der Waals surface area contributed by atoms with Crippen molar-refractivity contribution in [2.45, 2.75) is 25.4 Å². The van der Waals surface area contributed by atoms with E-state index in [-0.39, 0.29) is 23.8 Å². The maximum Gasteiger partial charge on any atom is 0.279 e. The van der Waals surface area contributed by atoms with Gasteiger partial charge in [0.25, 0.3) is 5.24 Å². The highest BCUT2D eigenvalue weighted by Gasteiger charge is 2.28. The Labute approximate surface area is 86.6 Å². The maximum atomic E-state index is 11.5. The van der Waals surface area contributed by atoms with Gasteiger partial charge < -0.3 is 15.7 Å². The van der Waals surface area contributed by atoms with Crippen LogP contribution in [0.15, 0.2) is 0 Å². The summed E-state index contributed by atoms with van der Waals surface area (Å²) in [7, 11) is 0. The Morgan fingerprint density at radius 2 is 2.57 bits per heavy atom. The van der Waals surface area contributed by atoms with Gasteiger partial charge >= 0.3 is 0 Å². The van der Waals surface area contributed by atoms with E-state index in [9.17, 15) is 9.59 Å². The van der Waals surface area contributed by atoms with E-state index in [0.717, 1.165) is 11.8 Å². The van der Waals surface area contributed by atoms with Gasteiger partial charge in [-0.05, 0) is 6.42 Å². The predicted molar refractivity (Wildman–Crippen MR) is 54.1 cm³/mol. The molecule has 0 radical (unpaired) electrons. The number of carbonyl (C=O) groups is 2. The first kappa shape index (κ1) is 11.3. The molecule has 0 aromatic carbocycles. The van der Waals surface area contributed by atoms with Gasteiger partial charge in [0, 0.05) is 5.75 Å². The molecule has 6 heteroatoms. The highest BCUT2D eigenvalue weighted by atomic mass is 32.2. The minimum atomic E-state index is -0.451. The predicted octanol–water partition coefficient (Wildman–Crippen LogP) is -0.302. The first-order valence-electron chi connectivity index (χ1n) is 4.52. The third-order valence-corrected chi connectivity index (χ3v) is 2.93. The molecule has 1 saturated heterocycles. The minimum Gasteiger partial charge on any atom is -0.394 e. The van der Waals surface area contributed by atoms with Gasteiger partial charge in [0.2, 0.25) is 5.91 Å². The Balaban J connectivity index is 2.38. The summed E-state index contributed by atoms with van der Waals surface area (Å²) < 4.78 is 0. The van der Waals surface area contributed by atoms with E-state index in [1.165, 1.54) is 0 Å². The summed E-state index contributed by atoms with van der Waals surface area (Å²) in [6.07, 6.45) is 0.677. The molecule has 80 valence electrons. The van der Waals surface area contributed by atoms with Crippen molar-refractivity contribution in [3.8, 4) is 0 Å². The molecule has 1 rings (SSSR count). The van der Waals surface area contributed by atoms with E-state index in [2.05, 4.69) is 10.6 Å². The van der Waals surface area contributed by atoms with E-state index >= 15 is 0 Å². The number of thioether (sulfide) groups is 1. The van der Waals surface area contributed by atoms with Crippen LogP contribution in [0, 0.1) is 0 Å². The fourth-order valence-electron chi connectivity index (χ4n) is 1.10. The van der Waals surface area contributed by atoms with E-state index in [1.54, 1.807) is 0 Å². The van der Waals surface area contributed by atoms with Gasteiger partial charge in [-0.1, -0.05) is 18.7 Å². The van der Waals surface area contributed by atoms with Gasteiger partial charge in [-0.25, -0.2) is 0 Å². The van der Waals surface area contributed by atoms with Gasteiger partial charge in [0.1, 0.15) is 6.04 Å². The second-order valence-corrected chi connectivity index (χ2v) is 4.08. The topological polar surface area (TPSA) is 78.4 Å². The molecular formula is C8H14N2O3S. The Bertz CT molecular complexity index is 231. The highest BCUT2D eigenvalue weighted by molar-refractivity contribution is 8.14. The summed E-state index contributed by atoms with van der Waals surface area (Å²) in [6.45, 7) is 1.80. The molecule has 5 nitrogen and oxygen atoms in total. The van der Waals surface area contributed by atoms with E-state index in [1.807, 2.05) is 6.92 Å². The molecule has 1 heterocycles. The number of rotatable bonds is 4. The second kappa shape index (κ2) is 5.21. The van der Waals surface area contributed by atoms with Crippen LogP contribution in [0.2, 0.25) is 0 Å². The lowest BCUT2D eigenvalue weighted by molar-refractivity contribution is -0.123. The molecule has 0 bridgehead atoms. The molecule has 1 aliphatic rings. The Kier molecular flexibility index (Phi) is 4.21. The van der Waals surface area contributed by atoms with E-state index in [0.29, 0.717) is 12.2 Å². The number of hydrogen-bond acceptors (Lipinski definition) is 4. The van der Waals surface area contributed by atoms with Crippen LogP contribution in [0.3, 0.4) is 0 Å². The zero-order chi connectivity index (χ0) is 10.6. The summed E-state index contributed by atoms with van der Waals surface area (Å²) in [5, 5.41) is 13.9. The van der Waals surface area contributed by atoms with Crippen molar-refractivity contribution in [3.05, 3.63) is 0 Å². The van der Waals surface area contributed by atoms with Crippen LogP contribution >= 0.6 is 11.8 Å². The van der Waals surface area contributed by atoms with Crippen LogP contribution in [-0.4, -0.2) is 40.7 Å². The van der Waals surface area contributed by atoms with Crippen molar-refractivity contribution in [1.29, 1.82) is 0 Å². The zero-order valence-corrected chi connectivity index (χ0v) is 8.76. The molecule has 2 unspecified atom stereocenters. The van der Waals surface area contributed by atoms with Gasteiger partial charge in [-0.15, -0.1) is 0 Å². The number of aliphatic hydroxyl groups excluding tert-OH is 1. The van der Waals surface area contributed by atoms with Crippen molar-refractivity contribution in [1.82, 2.24) is 10.6 Å². The quantitative estimate of drug-likeness (QED) is 0.605. The van der Waals surface area contributed by atoms with Gasteiger partial charge in [-0.3, -0.25) is 9.59 Å². The molecule has 3 N–H and O–H groups in total. The lowest BCUT2D eigenvalue weighted by Crippen LogP contribution is -2.47. The van der Waals surface area contributed by atoms with Gasteiger partial charge in [0.05, 0.1) is 12.6 Å². The SMILES string of the molecule is CCC(CO)NC(=O)C1CSC(=O)N1. The smallest absolute Gasteiger partial charge is 0.279 e. The summed E-state index contributed by atoms with van der Waals surface area (Å²) >= 11 is 1.10. The lowest BCUT2D eigenvalue weighted by atomic mass is 10.2. The van der Waals surface area contributed by atoms with Crippen molar-refractivity contribution in [3.63, 3.8) is 0 Å². The standard InChI is InChI=1S/C8H14N2O3S/c1-2-5(3-11)9-7(12)6-4-14-8(13)10-6/h5-6,11H,2-4H2,1H3,(H,9,12)(H,10,13). The average molecular weight is 218 g/mol. The summed E-state index contributed by atoms with van der Waals surface area (Å²) in [6, 6.07) is -0.668. The molecule has 1 fully saturated rings. The largest absolute Gasteiger partial charge is 0.394 e. The number of hydrogen-bond donors (Lipinski definition) is 3. The van der Waals surface area contributed by atoms with Crippen LogP contribution < -0.4 is 10.6 Å². The number of aliphatic hydroxyl groups is 1. The molecule has 0 aromatic rings. The fraction of sp³-hybridized carbons (Fsp3) is 0.750. The summed E-state index contributed by atoms with van der Waals surface area (Å²) in [5.41, 5.74) is 0. The first-order chi connectivity index (χ1) is 6.67. The van der Waals surface area contributed by atoms with Crippen molar-refractivity contribution < 1.29 is 14.7 Å². The zero-order valence-electron chi connectivity index (χ0n) is 7.95. The summed E-state index contributed by atoms with van der Waals surface area (Å²) in [5.74, 6) is 0.247. The molecular weight excluding hydrogens is 204 g/mol. The van der Waals surface area contributed by atoms with Crippen LogP contribution in [-0.2, 0) is 4.79 Å². The third kappa shape index (κ3) is 2.88. The average Bonchev–Trinajstić information content (AvgIpc) is 2.61. The van der Waals surface area contributed by atoms with Gasteiger partial charge in [0.15, 0.2) is 0 Å². The van der Waals surface area contributed by atoms with Crippen LogP contribution in [0.1, 0.15) is 13.3 Å². The van der Waals surface area contributed by atoms with E-state index in [4.69, 9.17) is 5.11 Å². The number of nitrogens with one attached hydrogen (secondary N) is 2. The van der Waals surface area contributed by atoms with Crippen molar-refractivity contribution >= 4 is 22.9 Å². The maximum absolute atomic E-state index is 11.5. The molecule has 1 aliphatic heterocycles. The van der Waals surface area contributed by atoms with E-state index < -0.39 is 6.04 Å². The molecule has 0 saturated carbocycles. The first-order valence-corrected chi connectivity index (χ1v) is 5.50. The van der Waals surface area contributed by atoms with Crippen LogP contribution in [0.5, 0.6) is 0 Å². The van der Waals surface area contributed by atoms with Crippen molar-refractivity contribution in [2.75, 3.05) is 12.4 Å². The molecule has 0 spiro atoms. The number of amides is 2. The number of carbonyl (C=O) groups excluding carboxylic acids is 2. The summed E-state index contributed by atoms with van der Waals surface area (Å²) in [4.78, 5) is 22.3. The van der Waals surface area contributed by atoms with Crippen molar-refractivity contribution in [2.24, 2.45) is 0 Å². The molecule has 0 aliphatic carbocycles. The lowest BCUT2D eigenvalue weighted by Gasteiger charge is -2.16. The monoisotopic (exact) mass is 218 g/mol. The minimum absolute atomic E-state index is 0.0734. The Hall–Kier alpha value is -0.750. The molecule has 14 heavy (non-hydrogen) atoms. The molecule has 2 amide bonds. The normalized spacial score (nSPS) is 23.0. The van der Waals surface area contributed by atoms with Crippen LogP contribution in [0.4, 0.5) is 4.79 Å². The molecule has 2 atom stereocenters. The highest BCUT2D eigenvalue weighted by Crippen LogP contribution is 2.12. The third-order valence-electron chi connectivity index (χ3n) is 2.05.